The minimum absolute atomic E-state index is 0.104. The van der Waals surface area contributed by atoms with Crippen molar-refractivity contribution in [3.8, 4) is 0 Å². The number of hydrogen-bond donors (Lipinski definition) is 2. The fourth-order valence-corrected chi connectivity index (χ4v) is 6.34. The van der Waals surface area contributed by atoms with Crippen molar-refractivity contribution in [2.24, 2.45) is 0 Å². The topological polar surface area (TPSA) is 108 Å². The Kier molecular flexibility index (Phi) is 5.66. The van der Waals surface area contributed by atoms with Crippen LogP contribution in [0.2, 0.25) is 0 Å². The van der Waals surface area contributed by atoms with Gasteiger partial charge < -0.3 is 29.5 Å². The second kappa shape index (κ2) is 8.47. The van der Waals surface area contributed by atoms with E-state index in [4.69, 9.17) is 9.47 Å². The molecule has 0 saturated carbocycles. The van der Waals surface area contributed by atoms with Gasteiger partial charge in [0.1, 0.15) is 5.76 Å². The highest BCUT2D eigenvalue weighted by Crippen LogP contribution is 2.45. The van der Waals surface area contributed by atoms with Crippen LogP contribution >= 0.6 is 22.7 Å². The Hall–Kier alpha value is -2.47. The Balaban J connectivity index is 1.51. The second-order valence-electron chi connectivity index (χ2n) is 7.80. The Labute approximate surface area is 193 Å². The molecule has 0 amide bonds. The molecule has 170 valence electrons. The summed E-state index contributed by atoms with van der Waals surface area (Å²) in [5, 5.41) is 23.4. The summed E-state index contributed by atoms with van der Waals surface area (Å²) >= 11 is 2.71. The van der Waals surface area contributed by atoms with Crippen LogP contribution in [0.5, 0.6) is 0 Å². The van der Waals surface area contributed by atoms with Crippen LogP contribution in [0, 0.1) is 13.8 Å². The zero-order valence-corrected chi connectivity index (χ0v) is 19.5. The van der Waals surface area contributed by atoms with E-state index < -0.39 is 11.5 Å². The molecule has 11 heteroatoms. The van der Waals surface area contributed by atoms with E-state index in [1.807, 2.05) is 13.8 Å². The first kappa shape index (κ1) is 21.4. The summed E-state index contributed by atoms with van der Waals surface area (Å²) in [6.07, 6.45) is 0. The number of carbonyl (C=O) groups excluding carboxylic acids is 1. The number of hydrogen-bond acceptors (Lipinski definition) is 11. The number of aliphatic hydroxyl groups excluding tert-OH is 2. The Morgan fingerprint density at radius 1 is 0.750 bits per heavy atom. The van der Waals surface area contributed by atoms with Crippen molar-refractivity contribution < 1.29 is 24.5 Å². The van der Waals surface area contributed by atoms with Crippen molar-refractivity contribution in [1.82, 2.24) is 9.97 Å². The molecule has 1 aliphatic carbocycles. The van der Waals surface area contributed by atoms with Crippen LogP contribution in [0.4, 0.5) is 10.3 Å². The average Bonchev–Trinajstić information content (AvgIpc) is 3.44. The molecule has 4 heterocycles. The molecule has 0 spiro atoms. The average molecular weight is 477 g/mol. The van der Waals surface area contributed by atoms with Crippen LogP contribution in [0.15, 0.2) is 11.5 Å². The van der Waals surface area contributed by atoms with Crippen LogP contribution in [-0.2, 0) is 14.3 Å². The van der Waals surface area contributed by atoms with E-state index in [0.717, 1.165) is 36.4 Å². The third kappa shape index (κ3) is 3.58. The van der Waals surface area contributed by atoms with Crippen molar-refractivity contribution in [2.75, 3.05) is 62.4 Å². The lowest BCUT2D eigenvalue weighted by Crippen LogP contribution is -2.36. The van der Waals surface area contributed by atoms with Crippen molar-refractivity contribution in [2.45, 2.75) is 13.8 Å². The monoisotopic (exact) mass is 476 g/mol. The summed E-state index contributed by atoms with van der Waals surface area (Å²) in [6.45, 7) is 9.06. The van der Waals surface area contributed by atoms with Crippen molar-refractivity contribution in [3.63, 3.8) is 0 Å². The molecule has 9 nitrogen and oxygen atoms in total. The molecule has 0 bridgehead atoms. The molecule has 0 atom stereocenters. The van der Waals surface area contributed by atoms with Gasteiger partial charge in [-0.3, -0.25) is 4.79 Å². The van der Waals surface area contributed by atoms with Gasteiger partial charge in [-0.2, -0.15) is 0 Å². The Bertz CT molecular complexity index is 1120. The summed E-state index contributed by atoms with van der Waals surface area (Å²) in [4.78, 5) is 27.7. The molecule has 2 N–H and O–H groups in total. The maximum atomic E-state index is 13.0. The smallest absolute Gasteiger partial charge is 0.233 e. The van der Waals surface area contributed by atoms with Gasteiger partial charge in [0.2, 0.25) is 5.78 Å². The zero-order valence-electron chi connectivity index (χ0n) is 17.9. The number of morpholine rings is 2. The number of ketones is 1. The number of aromatic nitrogens is 2. The Morgan fingerprint density at radius 3 is 1.66 bits per heavy atom. The van der Waals surface area contributed by atoms with E-state index >= 15 is 0 Å². The number of nitrogens with zero attached hydrogens (tertiary/aromatic N) is 4. The number of aliphatic hydroxyl groups is 2. The third-order valence-corrected chi connectivity index (χ3v) is 8.21. The highest BCUT2D eigenvalue weighted by molar-refractivity contribution is 7.17. The SMILES string of the molecule is Cc1nc(N2CCOCC2)sc1C1=C(O)C(c2sc(N3CCOCC3)nc2C)=C(O)C1=O. The molecule has 0 unspecified atom stereocenters. The van der Waals surface area contributed by atoms with E-state index in [2.05, 4.69) is 19.8 Å². The molecule has 2 aliphatic heterocycles. The highest BCUT2D eigenvalue weighted by Gasteiger charge is 2.38. The van der Waals surface area contributed by atoms with E-state index in [0.29, 0.717) is 47.6 Å². The van der Waals surface area contributed by atoms with Crippen molar-refractivity contribution in [3.05, 3.63) is 32.7 Å². The summed E-state index contributed by atoms with van der Waals surface area (Å²) in [5.74, 6) is -1.25. The second-order valence-corrected chi connectivity index (χ2v) is 9.75. The minimum Gasteiger partial charge on any atom is -0.506 e. The molecule has 2 aromatic rings. The molecule has 2 aromatic heterocycles. The van der Waals surface area contributed by atoms with Crippen LogP contribution in [0.1, 0.15) is 21.1 Å². The highest BCUT2D eigenvalue weighted by atomic mass is 32.1. The number of rotatable bonds is 4. The summed E-state index contributed by atoms with van der Waals surface area (Å²) in [6, 6.07) is 0. The van der Waals surface area contributed by atoms with Gasteiger partial charge in [-0.05, 0) is 13.8 Å². The largest absolute Gasteiger partial charge is 0.506 e. The quantitative estimate of drug-likeness (QED) is 0.688. The van der Waals surface area contributed by atoms with E-state index in [1.54, 1.807) is 0 Å². The third-order valence-electron chi connectivity index (χ3n) is 5.74. The first-order valence-electron chi connectivity index (χ1n) is 10.5. The van der Waals surface area contributed by atoms with Gasteiger partial charge in [-0.25, -0.2) is 9.97 Å². The molecule has 2 fully saturated rings. The predicted octanol–water partition coefficient (Wildman–Crippen LogP) is 2.71. The van der Waals surface area contributed by atoms with E-state index in [9.17, 15) is 15.0 Å². The molecule has 3 aliphatic rings. The van der Waals surface area contributed by atoms with Gasteiger partial charge in [0, 0.05) is 26.2 Å². The number of ether oxygens (including phenoxy) is 2. The molecule has 5 rings (SSSR count). The van der Waals surface area contributed by atoms with Gasteiger partial charge in [-0.1, -0.05) is 22.7 Å². The van der Waals surface area contributed by atoms with E-state index in [-0.39, 0.29) is 16.9 Å². The summed E-state index contributed by atoms with van der Waals surface area (Å²) < 4.78 is 10.8. The fraction of sp³-hybridized carbons (Fsp3) is 0.476. The lowest BCUT2D eigenvalue weighted by Gasteiger charge is -2.26. The molecule has 32 heavy (non-hydrogen) atoms. The van der Waals surface area contributed by atoms with Gasteiger partial charge in [0.15, 0.2) is 16.0 Å². The van der Waals surface area contributed by atoms with Crippen LogP contribution in [0.3, 0.4) is 0 Å². The summed E-state index contributed by atoms with van der Waals surface area (Å²) in [5.41, 5.74) is 1.57. The number of allylic oxidation sites excluding steroid dienone is 2. The normalized spacial score (nSPS) is 20.1. The van der Waals surface area contributed by atoms with Gasteiger partial charge in [0.05, 0.1) is 58.7 Å². The van der Waals surface area contributed by atoms with Crippen LogP contribution < -0.4 is 9.80 Å². The van der Waals surface area contributed by atoms with Crippen molar-refractivity contribution in [1.29, 1.82) is 0 Å². The molecular formula is C21H24N4O5S2. The number of aryl methyl sites for hydroxylation is 2. The maximum absolute atomic E-state index is 13.0. The first-order valence-corrected chi connectivity index (χ1v) is 12.1. The zero-order chi connectivity index (χ0) is 22.4. The fourth-order valence-electron chi connectivity index (χ4n) is 4.01. The number of thiazole rings is 2. The molecule has 0 radical (unpaired) electrons. The lowest BCUT2D eigenvalue weighted by atomic mass is 10.1. The number of Topliss-reactive ketones (excluding diaryl/α,β-unsaturated/α-hetero) is 1. The number of anilines is 2. The molecule has 0 aromatic carbocycles. The number of carbonyl (C=O) groups is 1. The van der Waals surface area contributed by atoms with Gasteiger partial charge >= 0.3 is 0 Å². The van der Waals surface area contributed by atoms with Gasteiger partial charge in [0.25, 0.3) is 0 Å². The standard InChI is InChI=1S/C21H24N4O5S2/c1-11-18(31-20(22-11)24-3-7-29-8-4-24)13-15(26)14(17(28)16(13)27)19-12(2)23-21(32-19)25-5-9-30-10-6-25/h26H,3-10H2,1-2H3,(H,27,28). The van der Waals surface area contributed by atoms with Crippen LogP contribution in [0.25, 0.3) is 11.1 Å². The van der Waals surface area contributed by atoms with Crippen molar-refractivity contribution >= 4 is 49.9 Å². The van der Waals surface area contributed by atoms with E-state index in [1.165, 1.54) is 22.7 Å². The Morgan fingerprint density at radius 2 is 1.19 bits per heavy atom. The lowest BCUT2D eigenvalue weighted by molar-refractivity contribution is -0.112. The minimum atomic E-state index is -0.585. The predicted molar refractivity (Wildman–Crippen MR) is 124 cm³/mol. The van der Waals surface area contributed by atoms with Crippen LogP contribution in [-0.4, -0.2) is 78.6 Å². The van der Waals surface area contributed by atoms with Gasteiger partial charge in [-0.15, -0.1) is 0 Å². The maximum Gasteiger partial charge on any atom is 0.233 e. The molecule has 2 saturated heterocycles. The first-order chi connectivity index (χ1) is 15.5. The summed E-state index contributed by atoms with van der Waals surface area (Å²) in [7, 11) is 0. The molecular weight excluding hydrogens is 452 g/mol.